The SMILES string of the molecule is Cc1cc(C)c(CNC(=O)c2cc(Cl)c(O)c(OC3CCC(N(C)C)C3)c2Cl)c(=O)[nH]1. The number of nitrogens with zero attached hydrogens (tertiary/aromatic N) is 1. The second-order valence-electron chi connectivity index (χ2n) is 8.19. The number of halogens is 2. The van der Waals surface area contributed by atoms with Gasteiger partial charge in [0.1, 0.15) is 6.10 Å². The van der Waals surface area contributed by atoms with Crippen molar-refractivity contribution >= 4 is 29.1 Å². The minimum absolute atomic E-state index is 0.00749. The van der Waals surface area contributed by atoms with Gasteiger partial charge in [-0.1, -0.05) is 23.2 Å². The summed E-state index contributed by atoms with van der Waals surface area (Å²) in [5, 5.41) is 13.1. The van der Waals surface area contributed by atoms with Crippen LogP contribution in [-0.2, 0) is 6.54 Å². The van der Waals surface area contributed by atoms with Crippen LogP contribution in [0.3, 0.4) is 0 Å². The van der Waals surface area contributed by atoms with Crippen LogP contribution < -0.4 is 15.6 Å². The van der Waals surface area contributed by atoms with Gasteiger partial charge in [0.05, 0.1) is 15.6 Å². The van der Waals surface area contributed by atoms with Crippen LogP contribution in [0.25, 0.3) is 0 Å². The number of aryl methyl sites for hydroxylation is 2. The Morgan fingerprint density at radius 3 is 2.61 bits per heavy atom. The standard InChI is InChI=1S/C22H27Cl2N3O4/c1-11-7-12(2)26-22(30)16(11)10-25-21(29)15-9-17(23)19(28)20(18(15)24)31-14-6-5-13(8-14)27(3)4/h7,9,13-14,28H,5-6,8,10H2,1-4H3,(H,25,29)(H,26,30). The van der Waals surface area contributed by atoms with Crippen molar-refractivity contribution in [1.82, 2.24) is 15.2 Å². The third-order valence-corrected chi connectivity index (χ3v) is 6.35. The highest BCUT2D eigenvalue weighted by atomic mass is 35.5. The molecule has 9 heteroatoms. The Morgan fingerprint density at radius 2 is 2.00 bits per heavy atom. The predicted molar refractivity (Wildman–Crippen MR) is 122 cm³/mol. The average molecular weight is 468 g/mol. The van der Waals surface area contributed by atoms with Crippen molar-refractivity contribution in [3.8, 4) is 11.5 Å². The molecule has 1 aromatic carbocycles. The lowest BCUT2D eigenvalue weighted by Gasteiger charge is -2.21. The fraction of sp³-hybridized carbons (Fsp3) is 0.455. The third kappa shape index (κ3) is 5.17. The molecule has 1 saturated carbocycles. The quantitative estimate of drug-likeness (QED) is 0.600. The average Bonchev–Trinajstić information content (AvgIpc) is 3.16. The van der Waals surface area contributed by atoms with E-state index in [-0.39, 0.29) is 45.3 Å². The maximum atomic E-state index is 12.8. The topological polar surface area (TPSA) is 94.7 Å². The first-order valence-corrected chi connectivity index (χ1v) is 10.9. The number of carbonyl (C=O) groups is 1. The van der Waals surface area contributed by atoms with Gasteiger partial charge in [-0.15, -0.1) is 0 Å². The number of H-pyrrole nitrogens is 1. The Labute approximate surface area is 191 Å². The van der Waals surface area contributed by atoms with Crippen LogP contribution in [0, 0.1) is 13.8 Å². The summed E-state index contributed by atoms with van der Waals surface area (Å²) in [4.78, 5) is 29.9. The van der Waals surface area contributed by atoms with Crippen LogP contribution in [0.2, 0.25) is 10.0 Å². The molecule has 0 aliphatic heterocycles. The summed E-state index contributed by atoms with van der Waals surface area (Å²) in [6.45, 7) is 3.63. The molecule has 7 nitrogen and oxygen atoms in total. The van der Waals surface area contributed by atoms with E-state index in [0.29, 0.717) is 11.6 Å². The van der Waals surface area contributed by atoms with E-state index in [1.54, 1.807) is 6.92 Å². The second kappa shape index (κ2) is 9.51. The van der Waals surface area contributed by atoms with E-state index in [1.165, 1.54) is 6.07 Å². The van der Waals surface area contributed by atoms with Gasteiger partial charge >= 0.3 is 0 Å². The van der Waals surface area contributed by atoms with Crippen molar-refractivity contribution < 1.29 is 14.6 Å². The fourth-order valence-electron chi connectivity index (χ4n) is 3.89. The highest BCUT2D eigenvalue weighted by molar-refractivity contribution is 6.38. The van der Waals surface area contributed by atoms with E-state index in [1.807, 2.05) is 27.1 Å². The van der Waals surface area contributed by atoms with Crippen LogP contribution in [-0.4, -0.2) is 47.1 Å². The molecule has 1 amide bonds. The number of aromatic hydroxyl groups is 1. The van der Waals surface area contributed by atoms with E-state index in [9.17, 15) is 14.7 Å². The second-order valence-corrected chi connectivity index (χ2v) is 8.98. The summed E-state index contributed by atoms with van der Waals surface area (Å²) < 4.78 is 5.98. The number of hydrogen-bond acceptors (Lipinski definition) is 5. The summed E-state index contributed by atoms with van der Waals surface area (Å²) in [6, 6.07) is 3.51. The molecule has 31 heavy (non-hydrogen) atoms. The van der Waals surface area contributed by atoms with Gasteiger partial charge in [-0.2, -0.15) is 0 Å². The Kier molecular flexibility index (Phi) is 7.19. The van der Waals surface area contributed by atoms with Gasteiger partial charge in [-0.05, 0) is 64.9 Å². The number of phenols is 1. The number of aromatic nitrogens is 1. The van der Waals surface area contributed by atoms with Crippen molar-refractivity contribution in [2.24, 2.45) is 0 Å². The van der Waals surface area contributed by atoms with Crippen molar-refractivity contribution in [2.75, 3.05) is 14.1 Å². The Morgan fingerprint density at radius 1 is 1.29 bits per heavy atom. The first kappa shape index (κ1) is 23.4. The minimum atomic E-state index is -0.520. The number of ether oxygens (including phenoxy) is 1. The van der Waals surface area contributed by atoms with E-state index in [4.69, 9.17) is 27.9 Å². The molecule has 2 atom stereocenters. The molecule has 0 radical (unpaired) electrons. The first-order chi connectivity index (χ1) is 14.6. The first-order valence-electron chi connectivity index (χ1n) is 10.1. The predicted octanol–water partition coefficient (Wildman–Crippen LogP) is 3.80. The van der Waals surface area contributed by atoms with Crippen molar-refractivity contribution in [3.05, 3.63) is 54.9 Å². The molecule has 2 aromatic rings. The molecule has 0 bridgehead atoms. The van der Waals surface area contributed by atoms with Crippen LogP contribution >= 0.6 is 23.2 Å². The number of aromatic amines is 1. The highest BCUT2D eigenvalue weighted by Crippen LogP contribution is 2.44. The molecule has 1 aromatic heterocycles. The van der Waals surface area contributed by atoms with Crippen LogP contribution in [0.15, 0.2) is 16.9 Å². The maximum Gasteiger partial charge on any atom is 0.253 e. The van der Waals surface area contributed by atoms with E-state index in [2.05, 4.69) is 15.2 Å². The number of phenolic OH excluding ortho intramolecular Hbond substituents is 1. The van der Waals surface area contributed by atoms with Gasteiger partial charge in [0.15, 0.2) is 11.5 Å². The number of benzene rings is 1. The van der Waals surface area contributed by atoms with Gasteiger partial charge in [-0.25, -0.2) is 0 Å². The molecule has 168 valence electrons. The van der Waals surface area contributed by atoms with Crippen molar-refractivity contribution in [2.45, 2.75) is 51.8 Å². The number of pyridine rings is 1. The van der Waals surface area contributed by atoms with Gasteiger partial charge < -0.3 is 25.0 Å². The van der Waals surface area contributed by atoms with Crippen LogP contribution in [0.5, 0.6) is 11.5 Å². The molecular formula is C22H27Cl2N3O4. The lowest BCUT2D eigenvalue weighted by Crippen LogP contribution is -2.28. The van der Waals surface area contributed by atoms with Crippen LogP contribution in [0.1, 0.15) is 46.4 Å². The maximum absolute atomic E-state index is 12.8. The number of hydrogen-bond donors (Lipinski definition) is 3. The Balaban J connectivity index is 1.80. The molecular weight excluding hydrogens is 441 g/mol. The molecule has 1 aliphatic carbocycles. The van der Waals surface area contributed by atoms with Crippen molar-refractivity contribution in [3.63, 3.8) is 0 Å². The summed E-state index contributed by atoms with van der Waals surface area (Å²) in [6.07, 6.45) is 2.42. The Bertz CT molecular complexity index is 1050. The zero-order valence-corrected chi connectivity index (χ0v) is 19.5. The normalized spacial score (nSPS) is 18.4. The number of carbonyl (C=O) groups excluding carboxylic acids is 1. The van der Waals surface area contributed by atoms with E-state index >= 15 is 0 Å². The summed E-state index contributed by atoms with van der Waals surface area (Å²) in [5.41, 5.74) is 1.79. The summed E-state index contributed by atoms with van der Waals surface area (Å²) in [7, 11) is 4.03. The van der Waals surface area contributed by atoms with Crippen molar-refractivity contribution in [1.29, 1.82) is 0 Å². The molecule has 1 heterocycles. The minimum Gasteiger partial charge on any atom is -0.503 e. The van der Waals surface area contributed by atoms with Gasteiger partial charge in [0, 0.05) is 23.8 Å². The fourth-order valence-corrected chi connectivity index (χ4v) is 4.36. The van der Waals surface area contributed by atoms with Gasteiger partial charge in [0.2, 0.25) is 0 Å². The lowest BCUT2D eigenvalue weighted by molar-refractivity contribution is 0.0950. The largest absolute Gasteiger partial charge is 0.503 e. The van der Waals surface area contributed by atoms with Gasteiger partial charge in [-0.3, -0.25) is 9.59 Å². The molecule has 2 unspecified atom stereocenters. The number of rotatable bonds is 6. The zero-order valence-electron chi connectivity index (χ0n) is 18.0. The number of nitrogens with one attached hydrogen (secondary N) is 2. The molecule has 0 spiro atoms. The highest BCUT2D eigenvalue weighted by Gasteiger charge is 2.30. The monoisotopic (exact) mass is 467 g/mol. The Hall–Kier alpha value is -2.22. The smallest absolute Gasteiger partial charge is 0.253 e. The molecule has 3 N–H and O–H groups in total. The van der Waals surface area contributed by atoms with E-state index < -0.39 is 5.91 Å². The summed E-state index contributed by atoms with van der Waals surface area (Å²) in [5.74, 6) is -0.802. The third-order valence-electron chi connectivity index (χ3n) is 5.68. The van der Waals surface area contributed by atoms with E-state index in [0.717, 1.165) is 30.5 Å². The molecule has 1 aliphatic rings. The summed E-state index contributed by atoms with van der Waals surface area (Å²) >= 11 is 12.6. The molecule has 1 fully saturated rings. The lowest BCUT2D eigenvalue weighted by atomic mass is 10.1. The zero-order chi connectivity index (χ0) is 22.9. The van der Waals surface area contributed by atoms with Crippen LogP contribution in [0.4, 0.5) is 0 Å². The molecule has 3 rings (SSSR count). The number of amides is 1. The van der Waals surface area contributed by atoms with Gasteiger partial charge in [0.25, 0.3) is 11.5 Å². The molecule has 0 saturated heterocycles.